The van der Waals surface area contributed by atoms with Crippen LogP contribution >= 0.6 is 11.6 Å². The first-order chi connectivity index (χ1) is 14.1. The highest BCUT2D eigenvalue weighted by Crippen LogP contribution is 2.60. The van der Waals surface area contributed by atoms with Gasteiger partial charge < -0.3 is 5.11 Å². The van der Waals surface area contributed by atoms with Crippen LogP contribution in [0, 0.1) is 17.3 Å². The van der Waals surface area contributed by atoms with E-state index in [9.17, 15) is 5.11 Å². The van der Waals surface area contributed by atoms with Gasteiger partial charge in [-0.05, 0) is 85.6 Å². The predicted octanol–water partition coefficient (Wildman–Crippen LogP) is 6.38. The van der Waals surface area contributed by atoms with Gasteiger partial charge in [-0.25, -0.2) is 0 Å². The number of phenolic OH excluding ortho intramolecular Hbond substituents is 1. The van der Waals surface area contributed by atoms with Gasteiger partial charge >= 0.3 is 0 Å². The summed E-state index contributed by atoms with van der Waals surface area (Å²) in [6.07, 6.45) is 8.70. The fraction of sp³-hybridized carbons (Fsp3) is 0.440. The number of hydrogen-bond donors (Lipinski definition) is 1. The van der Waals surface area contributed by atoms with E-state index in [-0.39, 0.29) is 5.41 Å². The highest BCUT2D eigenvalue weighted by Gasteiger charge is 2.53. The summed E-state index contributed by atoms with van der Waals surface area (Å²) in [6, 6.07) is 13.7. The van der Waals surface area contributed by atoms with Crippen LogP contribution in [-0.2, 0) is 6.42 Å². The van der Waals surface area contributed by atoms with Crippen LogP contribution in [-0.4, -0.2) is 17.0 Å². The second-order valence-electron chi connectivity index (χ2n) is 9.11. The standard InChI is InChI=1S/C25H27ClN2O/c1-25-13-12-20-19-9-7-18(29)14-16(19)6-8-21(20)22(25)10-11-24(25)28-27-15-17-4-2-3-5-23(17)26/h2-5,7,9,14-15,20-22,29H,6,8,10-13H2,1H3/b27-15-,28-24-/t20-,21-,22-,25-/m0/s1. The summed E-state index contributed by atoms with van der Waals surface area (Å²) < 4.78 is 0. The average Bonchev–Trinajstić information content (AvgIpc) is 3.05. The summed E-state index contributed by atoms with van der Waals surface area (Å²) in [5, 5.41) is 19.7. The zero-order chi connectivity index (χ0) is 20.0. The third-order valence-corrected chi connectivity index (χ3v) is 8.08. The van der Waals surface area contributed by atoms with Crippen molar-refractivity contribution in [1.29, 1.82) is 0 Å². The van der Waals surface area contributed by atoms with Gasteiger partial charge in [0.25, 0.3) is 0 Å². The van der Waals surface area contributed by atoms with E-state index >= 15 is 0 Å². The highest BCUT2D eigenvalue weighted by molar-refractivity contribution is 6.33. The molecule has 0 radical (unpaired) electrons. The largest absolute Gasteiger partial charge is 0.508 e. The summed E-state index contributed by atoms with van der Waals surface area (Å²) in [5.74, 6) is 2.42. The normalized spacial score (nSPS) is 32.2. The zero-order valence-electron chi connectivity index (χ0n) is 16.8. The van der Waals surface area contributed by atoms with Crippen LogP contribution in [0.15, 0.2) is 52.7 Å². The van der Waals surface area contributed by atoms with Crippen LogP contribution in [0.25, 0.3) is 0 Å². The van der Waals surface area contributed by atoms with E-state index < -0.39 is 0 Å². The van der Waals surface area contributed by atoms with Gasteiger partial charge in [0.1, 0.15) is 5.75 Å². The van der Waals surface area contributed by atoms with Crippen molar-refractivity contribution < 1.29 is 5.11 Å². The van der Waals surface area contributed by atoms with Crippen molar-refractivity contribution >= 4 is 23.5 Å². The number of aryl methyl sites for hydroxylation is 1. The van der Waals surface area contributed by atoms with E-state index in [1.165, 1.54) is 42.5 Å². The number of benzene rings is 2. The maximum Gasteiger partial charge on any atom is 0.115 e. The quantitative estimate of drug-likeness (QED) is 0.456. The Morgan fingerprint density at radius 1 is 1.10 bits per heavy atom. The molecule has 3 nitrogen and oxygen atoms in total. The van der Waals surface area contributed by atoms with E-state index in [0.29, 0.717) is 28.5 Å². The van der Waals surface area contributed by atoms with E-state index in [1.807, 2.05) is 36.4 Å². The number of phenols is 1. The van der Waals surface area contributed by atoms with Crippen LogP contribution in [0.3, 0.4) is 0 Å². The molecule has 4 heteroatoms. The minimum atomic E-state index is 0.160. The van der Waals surface area contributed by atoms with Gasteiger partial charge in [-0.2, -0.15) is 10.2 Å². The number of rotatable bonds is 2. The van der Waals surface area contributed by atoms with Crippen molar-refractivity contribution in [3.05, 3.63) is 64.2 Å². The molecule has 1 N–H and O–H groups in total. The molecule has 0 aliphatic heterocycles. The number of nitrogens with zero attached hydrogens (tertiary/aromatic N) is 2. The van der Waals surface area contributed by atoms with Crippen molar-refractivity contribution in [2.24, 2.45) is 27.5 Å². The molecule has 0 saturated heterocycles. The van der Waals surface area contributed by atoms with Crippen LogP contribution in [0.1, 0.15) is 61.6 Å². The monoisotopic (exact) mass is 406 g/mol. The molecule has 2 aromatic rings. The molecule has 0 amide bonds. The molecule has 0 heterocycles. The lowest BCUT2D eigenvalue weighted by molar-refractivity contribution is 0.0955. The second kappa shape index (κ2) is 7.28. The van der Waals surface area contributed by atoms with Gasteiger partial charge in [0.05, 0.1) is 6.21 Å². The van der Waals surface area contributed by atoms with Gasteiger partial charge in [0.2, 0.25) is 0 Å². The first kappa shape index (κ1) is 18.9. The molecule has 4 atom stereocenters. The third-order valence-electron chi connectivity index (χ3n) is 7.73. The Balaban J connectivity index is 1.39. The molecule has 3 aliphatic rings. The van der Waals surface area contributed by atoms with Gasteiger partial charge in [-0.3, -0.25) is 0 Å². The molecule has 5 rings (SSSR count). The molecule has 29 heavy (non-hydrogen) atoms. The zero-order valence-corrected chi connectivity index (χ0v) is 17.6. The minimum absolute atomic E-state index is 0.160. The minimum Gasteiger partial charge on any atom is -0.508 e. The highest BCUT2D eigenvalue weighted by atomic mass is 35.5. The van der Waals surface area contributed by atoms with Gasteiger partial charge in [-0.15, -0.1) is 0 Å². The topological polar surface area (TPSA) is 45.0 Å². The van der Waals surface area contributed by atoms with Crippen molar-refractivity contribution in [2.75, 3.05) is 0 Å². The summed E-state index contributed by atoms with van der Waals surface area (Å²) in [7, 11) is 0. The maximum atomic E-state index is 9.85. The van der Waals surface area contributed by atoms with Crippen LogP contribution in [0.2, 0.25) is 5.02 Å². The van der Waals surface area contributed by atoms with Crippen molar-refractivity contribution in [1.82, 2.24) is 0 Å². The Hall–Kier alpha value is -2.13. The molecule has 3 aliphatic carbocycles. The van der Waals surface area contributed by atoms with Crippen LogP contribution < -0.4 is 0 Å². The summed E-state index contributed by atoms with van der Waals surface area (Å²) >= 11 is 6.23. The Morgan fingerprint density at radius 2 is 1.97 bits per heavy atom. The molecule has 0 spiro atoms. The second-order valence-corrected chi connectivity index (χ2v) is 9.51. The summed E-state index contributed by atoms with van der Waals surface area (Å²) in [4.78, 5) is 0. The Morgan fingerprint density at radius 3 is 2.83 bits per heavy atom. The van der Waals surface area contributed by atoms with Gasteiger partial charge in [-0.1, -0.05) is 42.8 Å². The number of hydrogen-bond acceptors (Lipinski definition) is 3. The smallest absolute Gasteiger partial charge is 0.115 e. The maximum absolute atomic E-state index is 9.85. The molecule has 2 aromatic carbocycles. The Bertz CT molecular complexity index is 998. The Kier molecular flexibility index (Phi) is 4.74. The lowest BCUT2D eigenvalue weighted by Crippen LogP contribution is -2.42. The molecular formula is C25H27ClN2O. The lowest BCUT2D eigenvalue weighted by Gasteiger charge is -2.49. The molecule has 150 valence electrons. The fourth-order valence-corrected chi connectivity index (χ4v) is 6.45. The fourth-order valence-electron chi connectivity index (χ4n) is 6.26. The Labute approximate surface area is 177 Å². The predicted molar refractivity (Wildman–Crippen MR) is 119 cm³/mol. The van der Waals surface area contributed by atoms with E-state index in [1.54, 1.807) is 6.21 Å². The van der Waals surface area contributed by atoms with Crippen molar-refractivity contribution in [3.63, 3.8) is 0 Å². The van der Waals surface area contributed by atoms with Crippen molar-refractivity contribution in [3.8, 4) is 5.75 Å². The van der Waals surface area contributed by atoms with Gasteiger partial charge in [0, 0.05) is 21.7 Å². The SMILES string of the molecule is C[C@]12CC[C@H]3c4ccc(O)cc4CC[C@@H]3[C@@H]1CC/C2=N/N=C\c1ccccc1Cl. The lowest BCUT2D eigenvalue weighted by atomic mass is 9.55. The molecule has 2 saturated carbocycles. The van der Waals surface area contributed by atoms with Crippen LogP contribution in [0.5, 0.6) is 5.75 Å². The van der Waals surface area contributed by atoms with Crippen LogP contribution in [0.4, 0.5) is 0 Å². The third kappa shape index (κ3) is 3.20. The summed E-state index contributed by atoms with van der Waals surface area (Å²) in [5.41, 5.74) is 5.16. The first-order valence-corrected chi connectivity index (χ1v) is 11.1. The number of halogens is 1. The van der Waals surface area contributed by atoms with E-state index in [4.69, 9.17) is 16.7 Å². The molecular weight excluding hydrogens is 380 g/mol. The first-order valence-electron chi connectivity index (χ1n) is 10.7. The molecule has 0 aromatic heterocycles. The van der Waals surface area contributed by atoms with E-state index in [0.717, 1.165) is 18.4 Å². The van der Waals surface area contributed by atoms with Crippen molar-refractivity contribution in [2.45, 2.75) is 51.4 Å². The molecule has 0 bridgehead atoms. The molecule has 0 unspecified atom stereocenters. The summed E-state index contributed by atoms with van der Waals surface area (Å²) in [6.45, 7) is 2.41. The average molecular weight is 407 g/mol. The molecule has 2 fully saturated rings. The number of fused-ring (bicyclic) bond motifs is 5. The number of aromatic hydroxyl groups is 1. The van der Waals surface area contributed by atoms with Gasteiger partial charge in [0.15, 0.2) is 0 Å². The van der Waals surface area contributed by atoms with E-state index in [2.05, 4.69) is 18.1 Å².